The van der Waals surface area contributed by atoms with Gasteiger partial charge in [-0.05, 0) is 18.8 Å². The highest BCUT2D eigenvalue weighted by molar-refractivity contribution is 7.87. The maximum Gasteiger partial charge on any atom is 0.322 e. The number of hydrogen-bond acceptors (Lipinski definition) is 3. The molecule has 0 saturated heterocycles. The lowest BCUT2D eigenvalue weighted by Crippen LogP contribution is -2.52. The third-order valence-electron chi connectivity index (χ3n) is 3.68. The maximum absolute atomic E-state index is 12.2. The van der Waals surface area contributed by atoms with E-state index in [0.29, 0.717) is 0 Å². The van der Waals surface area contributed by atoms with Crippen LogP contribution in [0.4, 0.5) is 0 Å². The summed E-state index contributed by atoms with van der Waals surface area (Å²) in [6, 6.07) is -1.11. The molecule has 0 heterocycles. The summed E-state index contributed by atoms with van der Waals surface area (Å²) in [5.74, 6) is -1.44. The van der Waals surface area contributed by atoms with Crippen LogP contribution in [0, 0.1) is 5.92 Å². The molecule has 0 aromatic carbocycles. The van der Waals surface area contributed by atoms with Gasteiger partial charge in [-0.25, -0.2) is 0 Å². The lowest BCUT2D eigenvalue weighted by atomic mass is 9.96. The lowest BCUT2D eigenvalue weighted by Gasteiger charge is -2.31. The van der Waals surface area contributed by atoms with Gasteiger partial charge in [0.05, 0.1) is 0 Å². The minimum atomic E-state index is -3.75. The molecule has 0 aromatic rings. The van der Waals surface area contributed by atoms with E-state index in [1.54, 1.807) is 13.8 Å². The van der Waals surface area contributed by atoms with Crippen LogP contribution in [0.2, 0.25) is 0 Å². The number of carboxylic acid groups (broad SMARTS) is 1. The average Bonchev–Trinajstić information content (AvgIpc) is 2.35. The molecule has 0 radical (unpaired) electrons. The molecule has 1 fully saturated rings. The van der Waals surface area contributed by atoms with Gasteiger partial charge in [-0.15, -0.1) is 0 Å². The molecule has 112 valence electrons. The molecule has 1 aliphatic rings. The number of rotatable bonds is 6. The zero-order valence-electron chi connectivity index (χ0n) is 11.8. The van der Waals surface area contributed by atoms with Gasteiger partial charge in [-0.3, -0.25) is 4.79 Å². The lowest BCUT2D eigenvalue weighted by molar-refractivity contribution is -0.140. The molecule has 0 aliphatic heterocycles. The topological polar surface area (TPSA) is 86.7 Å². The van der Waals surface area contributed by atoms with E-state index >= 15 is 0 Å². The molecular formula is C12H24N2O4S. The first-order valence-corrected chi connectivity index (χ1v) is 8.18. The first kappa shape index (κ1) is 16.4. The van der Waals surface area contributed by atoms with Crippen LogP contribution in [0.1, 0.15) is 46.0 Å². The van der Waals surface area contributed by atoms with Crippen LogP contribution in [0.15, 0.2) is 0 Å². The zero-order chi connectivity index (χ0) is 14.6. The molecule has 7 heteroatoms. The van der Waals surface area contributed by atoms with Crippen LogP contribution in [0.5, 0.6) is 0 Å². The fourth-order valence-electron chi connectivity index (χ4n) is 2.36. The summed E-state index contributed by atoms with van der Waals surface area (Å²) < 4.78 is 28.0. The summed E-state index contributed by atoms with van der Waals surface area (Å²) in [5, 5.41) is 9.05. The minimum Gasteiger partial charge on any atom is -0.480 e. The van der Waals surface area contributed by atoms with E-state index in [-0.39, 0.29) is 12.0 Å². The van der Waals surface area contributed by atoms with Crippen molar-refractivity contribution in [2.24, 2.45) is 5.92 Å². The second-order valence-electron chi connectivity index (χ2n) is 5.49. The van der Waals surface area contributed by atoms with Crippen LogP contribution in [0.25, 0.3) is 0 Å². The van der Waals surface area contributed by atoms with Crippen molar-refractivity contribution in [3.8, 4) is 0 Å². The fourth-order valence-corrected chi connectivity index (χ4v) is 3.82. The summed E-state index contributed by atoms with van der Waals surface area (Å²) in [5.41, 5.74) is 0. The fraction of sp³-hybridized carbons (Fsp3) is 0.917. The largest absolute Gasteiger partial charge is 0.480 e. The van der Waals surface area contributed by atoms with Gasteiger partial charge in [0.25, 0.3) is 10.2 Å². The Morgan fingerprint density at radius 1 is 1.26 bits per heavy atom. The van der Waals surface area contributed by atoms with Gasteiger partial charge in [0.1, 0.15) is 6.04 Å². The predicted octanol–water partition coefficient (Wildman–Crippen LogP) is 1.19. The minimum absolute atomic E-state index is 0.0205. The van der Waals surface area contributed by atoms with Crippen LogP contribution in [0.3, 0.4) is 0 Å². The van der Waals surface area contributed by atoms with Gasteiger partial charge in [-0.1, -0.05) is 33.1 Å². The summed E-state index contributed by atoms with van der Waals surface area (Å²) in [4.78, 5) is 11.1. The van der Waals surface area contributed by atoms with Crippen molar-refractivity contribution < 1.29 is 18.3 Å². The van der Waals surface area contributed by atoms with Crippen LogP contribution in [-0.4, -0.2) is 42.9 Å². The molecule has 0 unspecified atom stereocenters. The number of carbonyl (C=O) groups is 1. The quantitative estimate of drug-likeness (QED) is 0.770. The number of nitrogens with one attached hydrogen (secondary N) is 1. The molecule has 0 spiro atoms. The van der Waals surface area contributed by atoms with E-state index in [0.717, 1.165) is 32.1 Å². The van der Waals surface area contributed by atoms with Gasteiger partial charge < -0.3 is 5.11 Å². The number of nitrogens with zero attached hydrogens (tertiary/aromatic N) is 1. The average molecular weight is 292 g/mol. The second-order valence-corrected chi connectivity index (χ2v) is 7.25. The smallest absolute Gasteiger partial charge is 0.322 e. The first-order chi connectivity index (χ1) is 8.75. The Morgan fingerprint density at radius 2 is 1.79 bits per heavy atom. The molecule has 1 saturated carbocycles. The van der Waals surface area contributed by atoms with Crippen LogP contribution in [-0.2, 0) is 15.0 Å². The van der Waals surface area contributed by atoms with E-state index in [1.807, 2.05) is 0 Å². The standard InChI is InChI=1S/C12H24N2O4S/c1-9(2)11(12(15)16)13-19(17,18)14(3)10-7-5-4-6-8-10/h9-11,13H,4-8H2,1-3H3,(H,15,16)/t11-/m1/s1. The van der Waals surface area contributed by atoms with Crippen molar-refractivity contribution in [3.05, 3.63) is 0 Å². The molecule has 1 rings (SSSR count). The van der Waals surface area contributed by atoms with E-state index in [4.69, 9.17) is 5.11 Å². The molecule has 0 aromatic heterocycles. The summed E-state index contributed by atoms with van der Waals surface area (Å²) >= 11 is 0. The third-order valence-corrected chi connectivity index (χ3v) is 5.28. The highest BCUT2D eigenvalue weighted by Crippen LogP contribution is 2.23. The van der Waals surface area contributed by atoms with Crippen molar-refractivity contribution in [1.82, 2.24) is 9.03 Å². The second kappa shape index (κ2) is 6.67. The van der Waals surface area contributed by atoms with Gasteiger partial charge in [-0.2, -0.15) is 17.4 Å². The Hall–Kier alpha value is -0.660. The molecule has 6 nitrogen and oxygen atoms in total. The summed E-state index contributed by atoms with van der Waals surface area (Å²) in [7, 11) is -2.22. The van der Waals surface area contributed by atoms with E-state index < -0.39 is 22.2 Å². The Kier molecular flexibility index (Phi) is 5.76. The van der Waals surface area contributed by atoms with E-state index in [1.165, 1.54) is 11.4 Å². The molecule has 1 aliphatic carbocycles. The molecule has 0 bridgehead atoms. The van der Waals surface area contributed by atoms with Crippen molar-refractivity contribution in [2.75, 3.05) is 7.05 Å². The Balaban J connectivity index is 2.75. The van der Waals surface area contributed by atoms with Crippen molar-refractivity contribution >= 4 is 16.2 Å². The summed E-state index contributed by atoms with van der Waals surface area (Å²) in [6.07, 6.45) is 4.88. The third kappa shape index (κ3) is 4.43. The Morgan fingerprint density at radius 3 is 2.21 bits per heavy atom. The molecular weight excluding hydrogens is 268 g/mol. The van der Waals surface area contributed by atoms with E-state index in [2.05, 4.69) is 4.72 Å². The number of hydrogen-bond donors (Lipinski definition) is 2. The molecule has 0 amide bonds. The normalized spacial score (nSPS) is 19.8. The number of carboxylic acids is 1. The van der Waals surface area contributed by atoms with Crippen molar-refractivity contribution in [3.63, 3.8) is 0 Å². The van der Waals surface area contributed by atoms with E-state index in [9.17, 15) is 13.2 Å². The molecule has 2 N–H and O–H groups in total. The van der Waals surface area contributed by atoms with Gasteiger partial charge >= 0.3 is 5.97 Å². The first-order valence-electron chi connectivity index (χ1n) is 6.74. The van der Waals surface area contributed by atoms with Gasteiger partial charge in [0.15, 0.2) is 0 Å². The van der Waals surface area contributed by atoms with Crippen molar-refractivity contribution in [1.29, 1.82) is 0 Å². The molecule has 1 atom stereocenters. The van der Waals surface area contributed by atoms with Crippen LogP contribution >= 0.6 is 0 Å². The predicted molar refractivity (Wildman–Crippen MR) is 73.0 cm³/mol. The Bertz CT molecular complexity index is 402. The van der Waals surface area contributed by atoms with Crippen molar-refractivity contribution in [2.45, 2.75) is 58.0 Å². The highest BCUT2D eigenvalue weighted by Gasteiger charge is 2.32. The Labute approximate surface area is 115 Å². The SMILES string of the molecule is CC(C)[C@@H](NS(=O)(=O)N(C)C1CCCCC1)C(=O)O. The molecule has 19 heavy (non-hydrogen) atoms. The monoisotopic (exact) mass is 292 g/mol. The summed E-state index contributed by atoms with van der Waals surface area (Å²) in [6.45, 7) is 3.36. The maximum atomic E-state index is 12.2. The zero-order valence-corrected chi connectivity index (χ0v) is 12.6. The van der Waals surface area contributed by atoms with Gasteiger partial charge in [0.2, 0.25) is 0 Å². The number of aliphatic carboxylic acids is 1. The van der Waals surface area contributed by atoms with Gasteiger partial charge in [0, 0.05) is 13.1 Å². The van der Waals surface area contributed by atoms with Crippen LogP contribution < -0.4 is 4.72 Å². The highest BCUT2D eigenvalue weighted by atomic mass is 32.2.